The van der Waals surface area contributed by atoms with E-state index in [2.05, 4.69) is 47.2 Å². The van der Waals surface area contributed by atoms with Crippen molar-refractivity contribution in [3.05, 3.63) is 72.1 Å². The number of nitrogens with two attached hydrogens (primary N) is 2. The SMILES string of the molecule is CC(C)CC(N)C(=O)NC(CC(=O)O)C(=O)NC(Cc1c[nH]c2ccccc12)C(=O)NC(CO)C(=O)NC(Cc1c[nH]c2ccccc12)C(=O)NC(C)C(=O)NC(CCC(N)=O)C(=O)NC(C(=O)O)C(C)O. The number of para-hydroxylation sites is 2. The highest BCUT2D eigenvalue weighted by Gasteiger charge is 2.35. The van der Waals surface area contributed by atoms with Crippen LogP contribution in [0.5, 0.6) is 0 Å². The summed E-state index contributed by atoms with van der Waals surface area (Å²) in [6.45, 7) is 4.90. The van der Waals surface area contributed by atoms with Crippen LogP contribution in [0.4, 0.5) is 0 Å². The van der Waals surface area contributed by atoms with E-state index in [0.717, 1.165) is 6.92 Å². The molecule has 0 bridgehead atoms. The van der Waals surface area contributed by atoms with Crippen LogP contribution < -0.4 is 48.7 Å². The van der Waals surface area contributed by atoms with E-state index in [9.17, 15) is 68.4 Å². The van der Waals surface area contributed by atoms with Crippen LogP contribution in [0.2, 0.25) is 0 Å². The number of carbonyl (C=O) groups excluding carboxylic acids is 8. The topological polar surface area (TPSA) is 419 Å². The Bertz CT molecular complexity index is 2610. The first-order valence-corrected chi connectivity index (χ1v) is 23.0. The highest BCUT2D eigenvalue weighted by molar-refractivity contribution is 5.99. The standard InChI is InChI=1S/C47H63N11O14/c1-22(2)15-29(48)41(65)54-35(18-38(62)63)45(69)55-34(17-26-20-51-31-12-8-6-10-28(26)31)44(68)57-36(21-59)46(70)56-33(16-25-19-50-30-11-7-5-9-27(25)30)43(67)52-23(3)40(64)53-32(13-14-37(49)61)42(66)58-39(24(4)60)47(71)72/h5-12,19-20,22-24,29,32-36,39,50-51,59-60H,13-18,21,48H2,1-4H3,(H2,49,61)(H,52,67)(H,53,64)(H,54,65)(H,55,69)(H,56,70)(H,57,68)(H,58,66)(H,62,63)(H,71,72). The molecule has 2 heterocycles. The van der Waals surface area contributed by atoms with Gasteiger partial charge in [0.1, 0.15) is 36.3 Å². The predicted molar refractivity (Wildman–Crippen MR) is 258 cm³/mol. The molecule has 9 atom stereocenters. The van der Waals surface area contributed by atoms with E-state index in [1.54, 1.807) is 60.9 Å². The van der Waals surface area contributed by atoms with Gasteiger partial charge in [-0.1, -0.05) is 50.2 Å². The lowest BCUT2D eigenvalue weighted by molar-refractivity contribution is -0.145. The van der Waals surface area contributed by atoms with E-state index < -0.39 is 140 Å². The van der Waals surface area contributed by atoms with Gasteiger partial charge in [-0.15, -0.1) is 0 Å². The van der Waals surface area contributed by atoms with Crippen molar-refractivity contribution in [3.63, 3.8) is 0 Å². The first-order valence-electron chi connectivity index (χ1n) is 23.0. The number of aliphatic hydroxyl groups is 2. The number of aromatic amines is 2. The molecule has 25 nitrogen and oxygen atoms in total. The van der Waals surface area contributed by atoms with Gasteiger partial charge < -0.3 is 79.1 Å². The number of primary amides is 1. The second-order valence-corrected chi connectivity index (χ2v) is 17.7. The number of carboxylic acid groups (broad SMARTS) is 2. The summed E-state index contributed by atoms with van der Waals surface area (Å²) < 4.78 is 0. The van der Waals surface area contributed by atoms with E-state index in [0.29, 0.717) is 32.9 Å². The number of fused-ring (bicyclic) bond motifs is 2. The number of amides is 8. The Morgan fingerprint density at radius 3 is 1.50 bits per heavy atom. The summed E-state index contributed by atoms with van der Waals surface area (Å²) in [4.78, 5) is 137. The molecular weight excluding hydrogens is 943 g/mol. The van der Waals surface area contributed by atoms with Gasteiger partial charge in [-0.25, -0.2) is 4.79 Å². The largest absolute Gasteiger partial charge is 0.481 e. The van der Waals surface area contributed by atoms with E-state index in [4.69, 9.17) is 11.5 Å². The Balaban J connectivity index is 1.60. The highest BCUT2D eigenvalue weighted by atomic mass is 16.4. The number of aliphatic carboxylic acids is 2. The molecule has 390 valence electrons. The van der Waals surface area contributed by atoms with Crippen molar-refractivity contribution >= 4 is 81.0 Å². The molecule has 4 aromatic rings. The van der Waals surface area contributed by atoms with Gasteiger partial charge in [0, 0.05) is 53.5 Å². The number of benzene rings is 2. The van der Waals surface area contributed by atoms with Crippen molar-refractivity contribution in [1.29, 1.82) is 0 Å². The molecule has 2 aromatic carbocycles. The van der Waals surface area contributed by atoms with Crippen molar-refractivity contribution in [2.75, 3.05) is 6.61 Å². The van der Waals surface area contributed by atoms with Gasteiger partial charge in [-0.3, -0.25) is 43.2 Å². The summed E-state index contributed by atoms with van der Waals surface area (Å²) in [5, 5.41) is 57.4. The van der Waals surface area contributed by atoms with Crippen LogP contribution in [-0.2, 0) is 60.8 Å². The number of carboxylic acids is 2. The second-order valence-electron chi connectivity index (χ2n) is 17.7. The van der Waals surface area contributed by atoms with E-state index in [-0.39, 0.29) is 25.2 Å². The zero-order valence-corrected chi connectivity index (χ0v) is 40.0. The third-order valence-electron chi connectivity index (χ3n) is 11.5. The number of hydrogen-bond acceptors (Lipinski definition) is 13. The van der Waals surface area contributed by atoms with Crippen LogP contribution >= 0.6 is 0 Å². The summed E-state index contributed by atoms with van der Waals surface area (Å²) in [5.74, 6) is -11.0. The fourth-order valence-electron chi connectivity index (χ4n) is 7.62. The summed E-state index contributed by atoms with van der Waals surface area (Å²) in [5.41, 5.74) is 13.6. The minimum absolute atomic E-state index is 0.0201. The van der Waals surface area contributed by atoms with Gasteiger partial charge in [0.25, 0.3) is 0 Å². The molecule has 0 spiro atoms. The number of rotatable bonds is 28. The summed E-state index contributed by atoms with van der Waals surface area (Å²) >= 11 is 0. The third kappa shape index (κ3) is 16.3. The van der Waals surface area contributed by atoms with Crippen LogP contribution in [0.15, 0.2) is 60.9 Å². The molecule has 2 aromatic heterocycles. The number of H-pyrrole nitrogens is 2. The van der Waals surface area contributed by atoms with Gasteiger partial charge in [-0.2, -0.15) is 0 Å². The minimum Gasteiger partial charge on any atom is -0.481 e. The lowest BCUT2D eigenvalue weighted by atomic mass is 10.0. The number of nitrogens with one attached hydrogen (secondary N) is 9. The molecule has 0 saturated heterocycles. The monoisotopic (exact) mass is 1010 g/mol. The quantitative estimate of drug-likeness (QED) is 0.0278. The maximum atomic E-state index is 14.2. The number of hydrogen-bond donors (Lipinski definition) is 15. The fraction of sp³-hybridized carbons (Fsp3) is 0.447. The molecule has 4 rings (SSSR count). The van der Waals surface area contributed by atoms with Crippen molar-refractivity contribution in [1.82, 2.24) is 47.2 Å². The van der Waals surface area contributed by atoms with E-state index >= 15 is 0 Å². The molecule has 72 heavy (non-hydrogen) atoms. The minimum atomic E-state index is -1.80. The van der Waals surface area contributed by atoms with Crippen molar-refractivity contribution in [2.24, 2.45) is 17.4 Å². The number of carbonyl (C=O) groups is 10. The van der Waals surface area contributed by atoms with Crippen LogP contribution in [0.25, 0.3) is 21.8 Å². The first kappa shape index (κ1) is 56.7. The lowest BCUT2D eigenvalue weighted by Crippen LogP contribution is -2.61. The third-order valence-corrected chi connectivity index (χ3v) is 11.5. The number of aromatic nitrogens is 2. The van der Waals surface area contributed by atoms with Crippen LogP contribution in [0, 0.1) is 5.92 Å². The molecule has 17 N–H and O–H groups in total. The van der Waals surface area contributed by atoms with Gasteiger partial charge in [0.05, 0.1) is 25.2 Å². The van der Waals surface area contributed by atoms with Crippen LogP contribution in [0.3, 0.4) is 0 Å². The van der Waals surface area contributed by atoms with Gasteiger partial charge in [0.2, 0.25) is 47.3 Å². The van der Waals surface area contributed by atoms with Crippen molar-refractivity contribution in [3.8, 4) is 0 Å². The first-order chi connectivity index (χ1) is 34.0. The summed E-state index contributed by atoms with van der Waals surface area (Å²) in [6.07, 6.45) is -0.398. The molecule has 0 saturated carbocycles. The molecule has 0 radical (unpaired) electrons. The van der Waals surface area contributed by atoms with Crippen molar-refractivity contribution < 1.29 is 68.4 Å². The Kier molecular flexibility index (Phi) is 20.7. The molecule has 0 fully saturated rings. The maximum Gasteiger partial charge on any atom is 0.328 e. The van der Waals surface area contributed by atoms with Gasteiger partial charge in [0.15, 0.2) is 6.04 Å². The van der Waals surface area contributed by atoms with Gasteiger partial charge in [-0.05, 0) is 55.9 Å². The molecule has 0 aliphatic heterocycles. The average molecular weight is 1010 g/mol. The van der Waals surface area contributed by atoms with Crippen LogP contribution in [0.1, 0.15) is 64.5 Å². The maximum absolute atomic E-state index is 14.2. The Morgan fingerprint density at radius 1 is 0.583 bits per heavy atom. The normalized spacial score (nSPS) is 15.1. The fourth-order valence-corrected chi connectivity index (χ4v) is 7.62. The second kappa shape index (κ2) is 26.3. The molecule has 25 heteroatoms. The average Bonchev–Trinajstić information content (AvgIpc) is 3.93. The Morgan fingerprint density at radius 2 is 1.03 bits per heavy atom. The molecule has 9 unspecified atom stereocenters. The summed E-state index contributed by atoms with van der Waals surface area (Å²) in [7, 11) is 0. The summed E-state index contributed by atoms with van der Waals surface area (Å²) in [6, 6.07) is 1.43. The zero-order valence-electron chi connectivity index (χ0n) is 40.0. The smallest absolute Gasteiger partial charge is 0.328 e. The zero-order chi connectivity index (χ0) is 53.4. The number of aliphatic hydroxyl groups excluding tert-OH is 2. The molecule has 0 aliphatic carbocycles. The molecular formula is C47H63N11O14. The molecule has 8 amide bonds. The van der Waals surface area contributed by atoms with Crippen molar-refractivity contribution in [2.45, 2.75) is 121 Å². The van der Waals surface area contributed by atoms with Gasteiger partial charge >= 0.3 is 11.9 Å². The Hall–Kier alpha value is -7.90. The highest BCUT2D eigenvalue weighted by Crippen LogP contribution is 2.21. The van der Waals surface area contributed by atoms with E-state index in [1.165, 1.54) is 6.92 Å². The Labute approximate surface area is 412 Å². The van der Waals surface area contributed by atoms with E-state index in [1.807, 2.05) is 13.8 Å². The van der Waals surface area contributed by atoms with Crippen LogP contribution in [-0.4, -0.2) is 151 Å². The lowest BCUT2D eigenvalue weighted by Gasteiger charge is -2.27. The predicted octanol–water partition coefficient (Wildman–Crippen LogP) is -2.58. The molecule has 0 aliphatic rings.